The number of nitrogens with one attached hydrogen (secondary N) is 2. The lowest BCUT2D eigenvalue weighted by Crippen LogP contribution is -2.14. The maximum atomic E-state index is 12.1. The average Bonchev–Trinajstić information content (AvgIpc) is 3.45. The molecule has 1 fully saturated rings. The van der Waals surface area contributed by atoms with Crippen LogP contribution >= 0.6 is 23.1 Å². The van der Waals surface area contributed by atoms with Crippen molar-refractivity contribution in [1.82, 2.24) is 20.4 Å². The predicted molar refractivity (Wildman–Crippen MR) is 111 cm³/mol. The van der Waals surface area contributed by atoms with Gasteiger partial charge in [-0.1, -0.05) is 40.3 Å². The number of hydrogen-bond donors (Lipinski definition) is 2. The smallest absolute Gasteiger partial charge is 0.322 e. The number of ether oxygens (including phenoxy) is 1. The Morgan fingerprint density at radius 3 is 3.00 bits per heavy atom. The van der Waals surface area contributed by atoms with Crippen LogP contribution in [0, 0.1) is 13.8 Å². The molecule has 2 N–H and O–H groups in total. The van der Waals surface area contributed by atoms with Gasteiger partial charge in [0.2, 0.25) is 16.9 Å². The second kappa shape index (κ2) is 8.89. The Labute approximate surface area is 175 Å². The lowest BCUT2D eigenvalue weighted by Gasteiger charge is -2.08. The second-order valence-corrected chi connectivity index (χ2v) is 8.73. The fourth-order valence-corrected chi connectivity index (χ4v) is 4.35. The minimum absolute atomic E-state index is 0.0793. The number of amides is 1. The van der Waals surface area contributed by atoms with Crippen molar-refractivity contribution in [3.8, 4) is 0 Å². The molecular formula is C18H20N6O3S2. The minimum Gasteiger partial charge on any atom is -0.405 e. The first kappa shape index (κ1) is 19.8. The van der Waals surface area contributed by atoms with E-state index in [0.29, 0.717) is 22.0 Å². The average molecular weight is 433 g/mol. The Bertz CT molecular complexity index is 999. The summed E-state index contributed by atoms with van der Waals surface area (Å²) in [5.74, 6) is 0.309. The Kier molecular flexibility index (Phi) is 6.07. The third kappa shape index (κ3) is 4.92. The highest BCUT2D eigenvalue weighted by molar-refractivity contribution is 8.01. The van der Waals surface area contributed by atoms with Crippen molar-refractivity contribution in [2.24, 2.45) is 0 Å². The second-order valence-electron chi connectivity index (χ2n) is 6.53. The highest BCUT2D eigenvalue weighted by Crippen LogP contribution is 2.30. The molecule has 1 amide bonds. The fourth-order valence-electron chi connectivity index (χ4n) is 2.79. The molecule has 4 rings (SSSR count). The molecule has 0 saturated carbocycles. The number of thioether (sulfide) groups is 1. The van der Waals surface area contributed by atoms with Gasteiger partial charge in [-0.3, -0.25) is 10.1 Å². The van der Waals surface area contributed by atoms with Crippen LogP contribution in [0.4, 0.5) is 16.8 Å². The molecule has 0 bridgehead atoms. The quantitative estimate of drug-likeness (QED) is 0.537. The van der Waals surface area contributed by atoms with E-state index in [1.54, 1.807) is 0 Å². The molecule has 3 heterocycles. The summed E-state index contributed by atoms with van der Waals surface area (Å²) < 4.78 is 11.6. The molecule has 0 spiro atoms. The van der Waals surface area contributed by atoms with E-state index in [9.17, 15) is 4.79 Å². The first-order valence-electron chi connectivity index (χ1n) is 9.13. The van der Waals surface area contributed by atoms with Gasteiger partial charge in [-0.25, -0.2) is 0 Å². The molecule has 2 aromatic heterocycles. The summed E-state index contributed by atoms with van der Waals surface area (Å²) in [6.45, 7) is 4.81. The first-order chi connectivity index (χ1) is 14.1. The number of hydrogen-bond acceptors (Lipinski definition) is 10. The Morgan fingerprint density at radius 2 is 2.17 bits per heavy atom. The monoisotopic (exact) mass is 432 g/mol. The lowest BCUT2D eigenvalue weighted by atomic mass is 10.1. The van der Waals surface area contributed by atoms with E-state index in [-0.39, 0.29) is 23.8 Å². The molecule has 1 aliphatic rings. The fraction of sp³-hybridized carbons (Fsp3) is 0.389. The highest BCUT2D eigenvalue weighted by atomic mass is 32.2. The van der Waals surface area contributed by atoms with E-state index in [2.05, 4.69) is 50.9 Å². The zero-order chi connectivity index (χ0) is 20.2. The van der Waals surface area contributed by atoms with Crippen LogP contribution in [0.1, 0.15) is 36.0 Å². The van der Waals surface area contributed by atoms with Crippen molar-refractivity contribution in [2.45, 2.75) is 37.1 Å². The van der Waals surface area contributed by atoms with E-state index >= 15 is 0 Å². The third-order valence-corrected chi connectivity index (χ3v) is 6.44. The van der Waals surface area contributed by atoms with Gasteiger partial charge in [-0.05, 0) is 43.9 Å². The maximum Gasteiger partial charge on any atom is 0.322 e. The lowest BCUT2D eigenvalue weighted by molar-refractivity contribution is -0.113. The number of anilines is 3. The largest absolute Gasteiger partial charge is 0.405 e. The van der Waals surface area contributed by atoms with E-state index in [4.69, 9.17) is 9.15 Å². The van der Waals surface area contributed by atoms with Crippen LogP contribution < -0.4 is 10.6 Å². The molecule has 0 radical (unpaired) electrons. The zero-order valence-electron chi connectivity index (χ0n) is 16.0. The highest BCUT2D eigenvalue weighted by Gasteiger charge is 2.24. The number of nitrogens with zero attached hydrogens (tertiary/aromatic N) is 4. The van der Waals surface area contributed by atoms with Gasteiger partial charge in [0.25, 0.3) is 0 Å². The number of benzene rings is 1. The van der Waals surface area contributed by atoms with Crippen LogP contribution in [0.5, 0.6) is 0 Å². The van der Waals surface area contributed by atoms with Gasteiger partial charge in [0.05, 0.1) is 5.75 Å². The van der Waals surface area contributed by atoms with Gasteiger partial charge in [-0.2, -0.15) is 0 Å². The molecule has 29 heavy (non-hydrogen) atoms. The number of carbonyl (C=O) groups is 1. The van der Waals surface area contributed by atoms with Crippen LogP contribution in [-0.4, -0.2) is 38.7 Å². The van der Waals surface area contributed by atoms with Crippen LogP contribution in [0.2, 0.25) is 0 Å². The summed E-state index contributed by atoms with van der Waals surface area (Å²) in [6.07, 6.45) is 1.64. The predicted octanol–water partition coefficient (Wildman–Crippen LogP) is 3.86. The zero-order valence-corrected chi connectivity index (χ0v) is 17.6. The Balaban J connectivity index is 1.28. The molecule has 152 valence electrons. The molecule has 1 saturated heterocycles. The summed E-state index contributed by atoms with van der Waals surface area (Å²) in [4.78, 5) is 12.1. The van der Waals surface area contributed by atoms with Crippen LogP contribution in [-0.2, 0) is 9.53 Å². The molecule has 9 nitrogen and oxygen atoms in total. The summed E-state index contributed by atoms with van der Waals surface area (Å²) >= 11 is 2.69. The number of aryl methyl sites for hydroxylation is 1. The van der Waals surface area contributed by atoms with Crippen molar-refractivity contribution >= 4 is 45.8 Å². The first-order valence-corrected chi connectivity index (χ1v) is 10.9. The molecule has 1 aromatic carbocycles. The van der Waals surface area contributed by atoms with E-state index in [1.165, 1.54) is 34.2 Å². The number of carbonyl (C=O) groups excluding carboxylic acids is 1. The van der Waals surface area contributed by atoms with Gasteiger partial charge in [0.1, 0.15) is 6.10 Å². The summed E-state index contributed by atoms with van der Waals surface area (Å²) in [6, 6.07) is 6.14. The van der Waals surface area contributed by atoms with Gasteiger partial charge in [0.15, 0.2) is 4.34 Å². The number of aromatic nitrogens is 4. The van der Waals surface area contributed by atoms with Crippen LogP contribution in [0.25, 0.3) is 0 Å². The molecule has 1 atom stereocenters. The van der Waals surface area contributed by atoms with Crippen LogP contribution in [0.3, 0.4) is 0 Å². The maximum absolute atomic E-state index is 12.1. The van der Waals surface area contributed by atoms with E-state index < -0.39 is 0 Å². The topological polar surface area (TPSA) is 115 Å². The van der Waals surface area contributed by atoms with Crippen molar-refractivity contribution < 1.29 is 13.9 Å². The van der Waals surface area contributed by atoms with Crippen molar-refractivity contribution in [2.75, 3.05) is 23.0 Å². The Morgan fingerprint density at radius 1 is 1.28 bits per heavy atom. The third-order valence-electron chi connectivity index (χ3n) is 4.47. The minimum atomic E-state index is -0.253. The van der Waals surface area contributed by atoms with Crippen molar-refractivity contribution in [3.05, 3.63) is 35.2 Å². The SMILES string of the molecule is Cc1cccc(Nc2nnc(SCC(=O)Nc3nnc([C@@H]4CCCO4)o3)s2)c1C. The molecule has 0 aliphatic carbocycles. The van der Waals surface area contributed by atoms with Gasteiger partial charge >= 0.3 is 6.01 Å². The molecule has 11 heteroatoms. The summed E-state index contributed by atoms with van der Waals surface area (Å²) in [5.41, 5.74) is 3.36. The summed E-state index contributed by atoms with van der Waals surface area (Å²) in [5, 5.41) is 22.6. The van der Waals surface area contributed by atoms with E-state index in [0.717, 1.165) is 18.5 Å². The normalized spacial score (nSPS) is 16.1. The Hall–Kier alpha value is -2.50. The van der Waals surface area contributed by atoms with Gasteiger partial charge in [-0.15, -0.1) is 15.3 Å². The standard InChI is InChI=1S/C18H20N6O3S2/c1-10-5-3-6-12(11(10)2)19-17-23-24-18(29-17)28-9-14(25)20-16-22-21-15(27-16)13-7-4-8-26-13/h3,5-6,13H,4,7-9H2,1-2H3,(H,19,23)(H,20,22,25)/t13-/m0/s1. The molecule has 3 aromatic rings. The van der Waals surface area contributed by atoms with E-state index in [1.807, 2.05) is 12.1 Å². The number of rotatable bonds is 7. The summed E-state index contributed by atoms with van der Waals surface area (Å²) in [7, 11) is 0. The van der Waals surface area contributed by atoms with Crippen molar-refractivity contribution in [3.63, 3.8) is 0 Å². The molecular weight excluding hydrogens is 412 g/mol. The van der Waals surface area contributed by atoms with Gasteiger partial charge in [0, 0.05) is 12.3 Å². The molecule has 1 aliphatic heterocycles. The van der Waals surface area contributed by atoms with Crippen LogP contribution in [0.15, 0.2) is 27.0 Å². The molecule has 0 unspecified atom stereocenters. The van der Waals surface area contributed by atoms with Gasteiger partial charge < -0.3 is 14.5 Å². The van der Waals surface area contributed by atoms with Crippen molar-refractivity contribution in [1.29, 1.82) is 0 Å².